The topological polar surface area (TPSA) is 82.2 Å². The van der Waals surface area contributed by atoms with Crippen LogP contribution in [-0.4, -0.2) is 14.6 Å². The van der Waals surface area contributed by atoms with Gasteiger partial charge in [0.15, 0.2) is 5.65 Å². The van der Waals surface area contributed by atoms with Gasteiger partial charge in [0.25, 0.3) is 0 Å². The highest BCUT2D eigenvalue weighted by Gasteiger charge is 2.08. The van der Waals surface area contributed by atoms with Crippen LogP contribution in [0.3, 0.4) is 0 Å². The molecule has 0 saturated heterocycles. The molecule has 0 saturated carbocycles. The number of halogens is 1. The van der Waals surface area contributed by atoms with Crippen molar-refractivity contribution in [1.29, 1.82) is 0 Å². The molecular formula is C12H10BrN5. The van der Waals surface area contributed by atoms with Crippen LogP contribution in [-0.2, 0) is 0 Å². The maximum atomic E-state index is 5.85. The van der Waals surface area contributed by atoms with Crippen LogP contribution in [0, 0.1) is 0 Å². The summed E-state index contributed by atoms with van der Waals surface area (Å²) >= 11 is 3.40. The van der Waals surface area contributed by atoms with Crippen LogP contribution in [0.5, 0.6) is 0 Å². The van der Waals surface area contributed by atoms with Gasteiger partial charge in [0.2, 0.25) is 0 Å². The van der Waals surface area contributed by atoms with Gasteiger partial charge in [-0.25, -0.2) is 4.98 Å². The minimum atomic E-state index is 0.391. The van der Waals surface area contributed by atoms with E-state index in [-0.39, 0.29) is 0 Å². The Kier molecular flexibility index (Phi) is 2.45. The maximum absolute atomic E-state index is 5.85. The quantitative estimate of drug-likeness (QED) is 0.723. The van der Waals surface area contributed by atoms with Crippen molar-refractivity contribution in [2.45, 2.75) is 0 Å². The Bertz CT molecular complexity index is 717. The third-order valence-corrected chi connectivity index (χ3v) is 3.14. The Balaban J connectivity index is 2.19. The molecular weight excluding hydrogens is 294 g/mol. The van der Waals surface area contributed by atoms with E-state index in [1.165, 1.54) is 0 Å². The zero-order valence-electron chi connectivity index (χ0n) is 9.34. The summed E-state index contributed by atoms with van der Waals surface area (Å²) in [5, 5.41) is 4.41. The lowest BCUT2D eigenvalue weighted by Crippen LogP contribution is -2.02. The summed E-state index contributed by atoms with van der Waals surface area (Å²) in [6.07, 6.45) is 0. The number of hydrogen-bond donors (Lipinski definition) is 2. The molecule has 1 aromatic carbocycles. The Morgan fingerprint density at radius 3 is 2.50 bits per heavy atom. The van der Waals surface area contributed by atoms with E-state index in [0.29, 0.717) is 17.3 Å². The van der Waals surface area contributed by atoms with Crippen molar-refractivity contribution in [2.24, 2.45) is 0 Å². The van der Waals surface area contributed by atoms with Crippen LogP contribution >= 0.6 is 15.9 Å². The molecule has 2 aromatic heterocycles. The van der Waals surface area contributed by atoms with Crippen LogP contribution in [0.4, 0.5) is 11.6 Å². The second-order valence-electron chi connectivity index (χ2n) is 3.91. The van der Waals surface area contributed by atoms with Crippen molar-refractivity contribution >= 4 is 33.2 Å². The van der Waals surface area contributed by atoms with Crippen molar-refractivity contribution < 1.29 is 0 Å². The predicted octanol–water partition coefficient (Wildman–Crippen LogP) is 2.32. The first-order valence-corrected chi connectivity index (χ1v) is 6.10. The largest absolute Gasteiger partial charge is 0.384 e. The summed E-state index contributed by atoms with van der Waals surface area (Å²) in [6, 6.07) is 11.3. The molecule has 2 heterocycles. The van der Waals surface area contributed by atoms with Gasteiger partial charge in [0.05, 0.1) is 5.69 Å². The monoisotopic (exact) mass is 303 g/mol. The van der Waals surface area contributed by atoms with Gasteiger partial charge < -0.3 is 11.5 Å². The molecule has 0 aliphatic rings. The van der Waals surface area contributed by atoms with Crippen molar-refractivity contribution in [1.82, 2.24) is 14.6 Å². The number of fused-ring (bicyclic) bond motifs is 1. The number of anilines is 2. The third-order valence-electron chi connectivity index (χ3n) is 2.61. The fraction of sp³-hybridized carbons (Fsp3) is 0. The molecule has 0 radical (unpaired) electrons. The van der Waals surface area contributed by atoms with Gasteiger partial charge in [-0.15, -0.1) is 0 Å². The summed E-state index contributed by atoms with van der Waals surface area (Å²) in [5.74, 6) is 0.864. The van der Waals surface area contributed by atoms with Gasteiger partial charge in [-0.2, -0.15) is 9.61 Å². The molecule has 0 aliphatic heterocycles. The Labute approximate surface area is 112 Å². The number of hydrogen-bond acceptors (Lipinski definition) is 4. The van der Waals surface area contributed by atoms with E-state index in [0.717, 1.165) is 15.7 Å². The van der Waals surface area contributed by atoms with E-state index in [1.54, 1.807) is 10.6 Å². The van der Waals surface area contributed by atoms with E-state index in [2.05, 4.69) is 26.0 Å². The number of nitrogens with zero attached hydrogens (tertiary/aromatic N) is 3. The first kappa shape index (κ1) is 11.0. The van der Waals surface area contributed by atoms with Gasteiger partial charge in [-0.3, -0.25) is 0 Å². The van der Waals surface area contributed by atoms with E-state index in [1.807, 2.05) is 30.3 Å². The second-order valence-corrected chi connectivity index (χ2v) is 4.83. The van der Waals surface area contributed by atoms with Gasteiger partial charge in [0, 0.05) is 22.2 Å². The fourth-order valence-electron chi connectivity index (χ4n) is 1.78. The molecule has 4 N–H and O–H groups in total. The SMILES string of the molecule is Nc1cc(N)n2nc(-c3ccc(Br)cc3)cc2n1. The van der Waals surface area contributed by atoms with E-state index < -0.39 is 0 Å². The summed E-state index contributed by atoms with van der Waals surface area (Å²) in [6.45, 7) is 0. The maximum Gasteiger partial charge on any atom is 0.160 e. The van der Waals surface area contributed by atoms with Crippen LogP contribution in [0.1, 0.15) is 0 Å². The highest BCUT2D eigenvalue weighted by Crippen LogP contribution is 2.23. The average Bonchev–Trinajstić information content (AvgIpc) is 2.74. The smallest absolute Gasteiger partial charge is 0.160 e. The molecule has 0 amide bonds. The number of nitrogens with two attached hydrogens (primary N) is 2. The summed E-state index contributed by atoms with van der Waals surface area (Å²) < 4.78 is 2.60. The lowest BCUT2D eigenvalue weighted by Gasteiger charge is -1.99. The number of aromatic nitrogens is 3. The molecule has 18 heavy (non-hydrogen) atoms. The molecule has 0 aliphatic carbocycles. The Morgan fingerprint density at radius 2 is 1.78 bits per heavy atom. The number of rotatable bonds is 1. The van der Waals surface area contributed by atoms with E-state index >= 15 is 0 Å². The lowest BCUT2D eigenvalue weighted by molar-refractivity contribution is 0.958. The van der Waals surface area contributed by atoms with Gasteiger partial charge in [-0.1, -0.05) is 28.1 Å². The van der Waals surface area contributed by atoms with Gasteiger partial charge >= 0.3 is 0 Å². The average molecular weight is 304 g/mol. The molecule has 6 heteroatoms. The zero-order valence-corrected chi connectivity index (χ0v) is 10.9. The molecule has 3 aromatic rings. The lowest BCUT2D eigenvalue weighted by atomic mass is 10.2. The highest BCUT2D eigenvalue weighted by atomic mass is 79.9. The zero-order chi connectivity index (χ0) is 12.7. The summed E-state index contributed by atoms with van der Waals surface area (Å²) in [5.41, 5.74) is 14.0. The molecule has 0 bridgehead atoms. The van der Waals surface area contributed by atoms with Gasteiger partial charge in [-0.05, 0) is 12.1 Å². The molecule has 0 atom stereocenters. The fourth-order valence-corrected chi connectivity index (χ4v) is 2.04. The predicted molar refractivity (Wildman–Crippen MR) is 74.9 cm³/mol. The molecule has 5 nitrogen and oxygen atoms in total. The van der Waals surface area contributed by atoms with Crippen LogP contribution in [0.15, 0.2) is 40.9 Å². The summed E-state index contributed by atoms with van der Waals surface area (Å²) in [4.78, 5) is 4.19. The normalized spacial score (nSPS) is 10.9. The van der Waals surface area contributed by atoms with Crippen LogP contribution < -0.4 is 11.5 Å². The van der Waals surface area contributed by atoms with Gasteiger partial charge in [0.1, 0.15) is 11.6 Å². The van der Waals surface area contributed by atoms with Crippen molar-refractivity contribution in [3.05, 3.63) is 40.9 Å². The second kappa shape index (κ2) is 3.99. The summed E-state index contributed by atoms with van der Waals surface area (Å²) in [7, 11) is 0. The van der Waals surface area contributed by atoms with Crippen LogP contribution in [0.25, 0.3) is 16.9 Å². The molecule has 0 unspecified atom stereocenters. The number of nitrogen functional groups attached to an aromatic ring is 2. The van der Waals surface area contributed by atoms with Crippen molar-refractivity contribution in [3.63, 3.8) is 0 Å². The highest BCUT2D eigenvalue weighted by molar-refractivity contribution is 9.10. The molecule has 0 fully saturated rings. The minimum Gasteiger partial charge on any atom is -0.384 e. The first-order chi connectivity index (χ1) is 8.63. The van der Waals surface area contributed by atoms with Crippen molar-refractivity contribution in [3.8, 4) is 11.3 Å². The molecule has 90 valence electrons. The molecule has 0 spiro atoms. The number of benzene rings is 1. The van der Waals surface area contributed by atoms with Crippen molar-refractivity contribution in [2.75, 3.05) is 11.5 Å². The molecule has 3 rings (SSSR count). The third kappa shape index (κ3) is 1.80. The Morgan fingerprint density at radius 1 is 1.06 bits per heavy atom. The standard InChI is InChI=1S/C12H10BrN5/c13-8-3-1-7(2-4-8)9-5-12-16-10(14)6-11(15)18(12)17-9/h1-6H,15H2,(H2,14,16). The van der Waals surface area contributed by atoms with E-state index in [9.17, 15) is 0 Å². The van der Waals surface area contributed by atoms with Crippen LogP contribution in [0.2, 0.25) is 0 Å². The Hall–Kier alpha value is -2.08. The minimum absolute atomic E-state index is 0.391. The van der Waals surface area contributed by atoms with E-state index in [4.69, 9.17) is 11.5 Å². The first-order valence-electron chi connectivity index (χ1n) is 5.31.